The van der Waals surface area contributed by atoms with E-state index in [4.69, 9.17) is 9.47 Å². The van der Waals surface area contributed by atoms with E-state index in [1.807, 2.05) is 24.3 Å². The molecule has 2 aromatic carbocycles. The van der Waals surface area contributed by atoms with Gasteiger partial charge in [0.25, 0.3) is 0 Å². The second kappa shape index (κ2) is 7.61. The third-order valence-electron chi connectivity index (χ3n) is 4.91. The van der Waals surface area contributed by atoms with Crippen LogP contribution in [0.1, 0.15) is 52.4 Å². The van der Waals surface area contributed by atoms with Crippen LogP contribution in [0.25, 0.3) is 0 Å². The number of benzene rings is 2. The molecule has 1 atom stereocenters. The first-order valence-electron chi connectivity index (χ1n) is 8.61. The number of ether oxygens (including phenoxy) is 2. The molecule has 4 heteroatoms. The number of esters is 1. The lowest BCUT2D eigenvalue weighted by Gasteiger charge is -2.34. The van der Waals surface area contributed by atoms with Gasteiger partial charge in [0.05, 0.1) is 12.7 Å². The van der Waals surface area contributed by atoms with Crippen molar-refractivity contribution in [3.8, 4) is 5.75 Å². The molecule has 0 heterocycles. The van der Waals surface area contributed by atoms with E-state index in [1.54, 1.807) is 0 Å². The molecule has 1 aliphatic rings. The second-order valence-corrected chi connectivity index (χ2v) is 7.51. The lowest BCUT2D eigenvalue weighted by molar-refractivity contribution is 0.0600. The van der Waals surface area contributed by atoms with Gasteiger partial charge in [-0.05, 0) is 67.6 Å². The summed E-state index contributed by atoms with van der Waals surface area (Å²) in [6.07, 6.45) is 3.62. The Bertz CT molecular complexity index is 740. The smallest absolute Gasteiger partial charge is 0.337 e. The molecule has 0 spiro atoms. The molecule has 0 radical (unpaired) electrons. The molecule has 25 heavy (non-hydrogen) atoms. The molecule has 0 bridgehead atoms. The monoisotopic (exact) mass is 402 g/mol. The number of hydrogen-bond acceptors (Lipinski definition) is 3. The summed E-state index contributed by atoms with van der Waals surface area (Å²) in [4.78, 5) is 11.6. The van der Waals surface area contributed by atoms with Crippen LogP contribution in [0.3, 0.4) is 0 Å². The first-order valence-corrected chi connectivity index (χ1v) is 9.40. The minimum absolute atomic E-state index is 0.0143. The topological polar surface area (TPSA) is 35.5 Å². The molecule has 1 fully saturated rings. The Hall–Kier alpha value is -1.81. The molecule has 0 N–H and O–H groups in total. The van der Waals surface area contributed by atoms with Crippen molar-refractivity contribution in [1.29, 1.82) is 0 Å². The molecule has 0 aliphatic heterocycles. The van der Waals surface area contributed by atoms with Crippen LogP contribution in [0, 0.1) is 19.8 Å². The first-order chi connectivity index (χ1) is 12.0. The van der Waals surface area contributed by atoms with E-state index in [9.17, 15) is 4.79 Å². The first kappa shape index (κ1) is 18.0. The number of aryl methyl sites for hydroxylation is 2. The molecule has 1 aliphatic carbocycles. The molecule has 0 amide bonds. The van der Waals surface area contributed by atoms with Crippen LogP contribution in [-0.2, 0) is 4.74 Å². The van der Waals surface area contributed by atoms with Gasteiger partial charge in [0.1, 0.15) is 11.9 Å². The Morgan fingerprint density at radius 3 is 2.20 bits per heavy atom. The summed E-state index contributed by atoms with van der Waals surface area (Å²) in [5, 5.41) is 0. The Balaban J connectivity index is 1.86. The number of carbonyl (C=O) groups excluding carboxylic acids is 1. The van der Waals surface area contributed by atoms with E-state index in [2.05, 4.69) is 41.9 Å². The lowest BCUT2D eigenvalue weighted by atomic mass is 9.78. The van der Waals surface area contributed by atoms with Crippen LogP contribution in [-0.4, -0.2) is 13.1 Å². The molecule has 132 valence electrons. The van der Waals surface area contributed by atoms with E-state index < -0.39 is 0 Å². The molecular weight excluding hydrogens is 380 g/mol. The highest BCUT2D eigenvalue weighted by molar-refractivity contribution is 9.10. The van der Waals surface area contributed by atoms with Crippen molar-refractivity contribution in [2.24, 2.45) is 5.92 Å². The standard InChI is InChI=1S/C21H23BrO3/c1-13-11-18(12-14(2)19(13)22)25-20(15-5-4-6-15)16-7-9-17(10-8-16)21(23)24-3/h7-12,15,20H,4-6H2,1-3H3. The van der Waals surface area contributed by atoms with Gasteiger partial charge in [0, 0.05) is 10.4 Å². The molecule has 3 rings (SSSR count). The maximum atomic E-state index is 11.6. The van der Waals surface area contributed by atoms with Crippen LogP contribution < -0.4 is 4.74 Å². The Labute approximate surface area is 157 Å². The zero-order valence-electron chi connectivity index (χ0n) is 14.8. The molecule has 0 saturated heterocycles. The quantitative estimate of drug-likeness (QED) is 0.595. The third-order valence-corrected chi connectivity index (χ3v) is 6.16. The summed E-state index contributed by atoms with van der Waals surface area (Å²) in [7, 11) is 1.40. The van der Waals surface area contributed by atoms with Crippen molar-refractivity contribution >= 4 is 21.9 Å². The average Bonchev–Trinajstić information content (AvgIpc) is 2.57. The van der Waals surface area contributed by atoms with E-state index >= 15 is 0 Å². The van der Waals surface area contributed by atoms with Crippen molar-refractivity contribution < 1.29 is 14.3 Å². The Morgan fingerprint density at radius 1 is 1.12 bits per heavy atom. The van der Waals surface area contributed by atoms with Crippen LogP contribution in [0.2, 0.25) is 0 Å². The molecular formula is C21H23BrO3. The Morgan fingerprint density at radius 2 is 1.72 bits per heavy atom. The second-order valence-electron chi connectivity index (χ2n) is 6.71. The molecule has 1 unspecified atom stereocenters. The van der Waals surface area contributed by atoms with Gasteiger partial charge in [0.2, 0.25) is 0 Å². The van der Waals surface area contributed by atoms with Gasteiger partial charge in [-0.1, -0.05) is 34.5 Å². The van der Waals surface area contributed by atoms with E-state index in [0.29, 0.717) is 11.5 Å². The molecule has 0 aromatic heterocycles. The number of halogens is 1. The highest BCUT2D eigenvalue weighted by atomic mass is 79.9. The average molecular weight is 403 g/mol. The van der Waals surface area contributed by atoms with Crippen molar-refractivity contribution in [3.05, 3.63) is 63.1 Å². The highest BCUT2D eigenvalue weighted by Gasteiger charge is 2.30. The summed E-state index contributed by atoms with van der Waals surface area (Å²) in [6, 6.07) is 11.7. The van der Waals surface area contributed by atoms with Crippen molar-refractivity contribution in [1.82, 2.24) is 0 Å². The summed E-state index contributed by atoms with van der Waals surface area (Å²) in [6.45, 7) is 4.15. The third kappa shape index (κ3) is 3.90. The van der Waals surface area contributed by atoms with Crippen LogP contribution in [0.5, 0.6) is 5.75 Å². The minimum atomic E-state index is -0.313. The van der Waals surface area contributed by atoms with Crippen molar-refractivity contribution in [3.63, 3.8) is 0 Å². The normalized spacial score (nSPS) is 15.4. The molecule has 3 nitrogen and oxygen atoms in total. The van der Waals surface area contributed by atoms with Crippen molar-refractivity contribution in [2.45, 2.75) is 39.2 Å². The summed E-state index contributed by atoms with van der Waals surface area (Å²) < 4.78 is 12.3. The molecule has 1 saturated carbocycles. The summed E-state index contributed by atoms with van der Waals surface area (Å²) in [5.41, 5.74) is 4.01. The number of rotatable bonds is 5. The fourth-order valence-electron chi connectivity index (χ4n) is 3.23. The van der Waals surface area contributed by atoms with Gasteiger partial charge in [-0.3, -0.25) is 0 Å². The Kier molecular flexibility index (Phi) is 5.48. The predicted octanol–water partition coefficient (Wildman–Crippen LogP) is 5.77. The SMILES string of the molecule is COC(=O)c1ccc(C(Oc2cc(C)c(Br)c(C)c2)C2CCC2)cc1. The van der Waals surface area contributed by atoms with Gasteiger partial charge >= 0.3 is 5.97 Å². The maximum absolute atomic E-state index is 11.6. The summed E-state index contributed by atoms with van der Waals surface area (Å²) in [5.74, 6) is 1.10. The van der Waals surface area contributed by atoms with Crippen LogP contribution in [0.4, 0.5) is 0 Å². The zero-order chi connectivity index (χ0) is 18.0. The van der Waals surface area contributed by atoms with E-state index in [0.717, 1.165) is 15.8 Å². The summed E-state index contributed by atoms with van der Waals surface area (Å²) >= 11 is 3.61. The number of methoxy groups -OCH3 is 1. The van der Waals surface area contributed by atoms with Gasteiger partial charge in [0.15, 0.2) is 0 Å². The fourth-order valence-corrected chi connectivity index (χ4v) is 3.46. The number of hydrogen-bond donors (Lipinski definition) is 0. The van der Waals surface area contributed by atoms with Crippen molar-refractivity contribution in [2.75, 3.05) is 7.11 Å². The predicted molar refractivity (Wildman–Crippen MR) is 102 cm³/mol. The zero-order valence-corrected chi connectivity index (χ0v) is 16.4. The largest absolute Gasteiger partial charge is 0.485 e. The van der Waals surface area contributed by atoms with Crippen LogP contribution >= 0.6 is 15.9 Å². The van der Waals surface area contributed by atoms with E-state index in [1.165, 1.54) is 37.5 Å². The van der Waals surface area contributed by atoms with E-state index in [-0.39, 0.29) is 12.1 Å². The fraction of sp³-hybridized carbons (Fsp3) is 0.381. The van der Waals surface area contributed by atoms with Gasteiger partial charge < -0.3 is 9.47 Å². The highest BCUT2D eigenvalue weighted by Crippen LogP contribution is 2.41. The van der Waals surface area contributed by atoms with Gasteiger partial charge in [-0.15, -0.1) is 0 Å². The minimum Gasteiger partial charge on any atom is -0.485 e. The van der Waals surface area contributed by atoms with Crippen LogP contribution in [0.15, 0.2) is 40.9 Å². The van der Waals surface area contributed by atoms with Gasteiger partial charge in [-0.2, -0.15) is 0 Å². The maximum Gasteiger partial charge on any atom is 0.337 e. The number of carbonyl (C=O) groups is 1. The molecule has 2 aromatic rings. The van der Waals surface area contributed by atoms with Gasteiger partial charge in [-0.25, -0.2) is 4.79 Å². The lowest BCUT2D eigenvalue weighted by Crippen LogP contribution is -2.25.